The number of hydrogen-bond donors (Lipinski definition) is 1. The van der Waals surface area contributed by atoms with Gasteiger partial charge >= 0.3 is 0 Å². The summed E-state index contributed by atoms with van der Waals surface area (Å²) < 4.78 is 0. The maximum atomic E-state index is 5.66. The molecule has 0 spiro atoms. The van der Waals surface area contributed by atoms with Crippen molar-refractivity contribution in [2.45, 2.75) is 26.4 Å². The smallest absolute Gasteiger partial charge is 0.0411 e. The molecule has 0 aromatic heterocycles. The molecular weight excluding hydrogens is 160 g/mol. The lowest BCUT2D eigenvalue weighted by Crippen LogP contribution is -2.27. The van der Waals surface area contributed by atoms with E-state index in [9.17, 15) is 0 Å². The lowest BCUT2D eigenvalue weighted by Gasteiger charge is -2.25. The second-order valence-corrected chi connectivity index (χ2v) is 3.54. The Morgan fingerprint density at radius 1 is 1.31 bits per heavy atom. The van der Waals surface area contributed by atoms with Gasteiger partial charge in [0.2, 0.25) is 0 Å². The quantitative estimate of drug-likeness (QED) is 0.767. The summed E-state index contributed by atoms with van der Waals surface area (Å²) in [6.45, 7) is 4.95. The maximum absolute atomic E-state index is 5.66. The summed E-state index contributed by atoms with van der Waals surface area (Å²) in [5, 5.41) is 0. The van der Waals surface area contributed by atoms with E-state index >= 15 is 0 Å². The Morgan fingerprint density at radius 3 is 2.46 bits per heavy atom. The largest absolute Gasteiger partial charge is 0.372 e. The fourth-order valence-electron chi connectivity index (χ4n) is 1.31. The van der Waals surface area contributed by atoms with Gasteiger partial charge in [0.05, 0.1) is 0 Å². The van der Waals surface area contributed by atoms with Gasteiger partial charge in [-0.2, -0.15) is 0 Å². The zero-order chi connectivity index (χ0) is 9.84. The standard InChI is InChI=1S/C11H18N2/c1-9(2)13(3)11-7-5-4-6-10(11)8-12/h4-7,9H,8,12H2,1-3H3. The third kappa shape index (κ3) is 2.22. The fraction of sp³-hybridized carbons (Fsp3) is 0.455. The first-order valence-electron chi connectivity index (χ1n) is 4.67. The molecule has 13 heavy (non-hydrogen) atoms. The second kappa shape index (κ2) is 4.28. The molecule has 72 valence electrons. The van der Waals surface area contributed by atoms with E-state index in [4.69, 9.17) is 5.73 Å². The number of rotatable bonds is 3. The minimum atomic E-state index is 0.507. The lowest BCUT2D eigenvalue weighted by molar-refractivity contribution is 0.749. The monoisotopic (exact) mass is 178 g/mol. The molecule has 0 amide bonds. The number of nitrogens with zero attached hydrogens (tertiary/aromatic N) is 1. The van der Waals surface area contributed by atoms with Crippen LogP contribution in [0.3, 0.4) is 0 Å². The van der Waals surface area contributed by atoms with E-state index in [0.29, 0.717) is 12.6 Å². The van der Waals surface area contributed by atoms with Gasteiger partial charge in [-0.15, -0.1) is 0 Å². The SMILES string of the molecule is CC(C)N(C)c1ccccc1CN. The van der Waals surface area contributed by atoms with Crippen molar-refractivity contribution in [1.82, 2.24) is 0 Å². The summed E-state index contributed by atoms with van der Waals surface area (Å²) in [5.41, 5.74) is 8.11. The average Bonchev–Trinajstić information content (AvgIpc) is 2.16. The molecule has 0 saturated carbocycles. The van der Waals surface area contributed by atoms with E-state index in [0.717, 1.165) is 0 Å². The summed E-state index contributed by atoms with van der Waals surface area (Å²) in [4.78, 5) is 2.24. The number of hydrogen-bond acceptors (Lipinski definition) is 2. The molecule has 0 heterocycles. The fourth-order valence-corrected chi connectivity index (χ4v) is 1.31. The van der Waals surface area contributed by atoms with Crippen molar-refractivity contribution in [3.63, 3.8) is 0 Å². The van der Waals surface area contributed by atoms with Crippen molar-refractivity contribution in [3.8, 4) is 0 Å². The molecule has 0 radical (unpaired) electrons. The van der Waals surface area contributed by atoms with Crippen LogP contribution in [0.25, 0.3) is 0 Å². The Kier molecular flexibility index (Phi) is 3.32. The Labute approximate surface area is 80.4 Å². The number of para-hydroxylation sites is 1. The van der Waals surface area contributed by atoms with Gasteiger partial charge in [0.15, 0.2) is 0 Å². The zero-order valence-corrected chi connectivity index (χ0v) is 8.62. The van der Waals surface area contributed by atoms with Crippen LogP contribution in [0.2, 0.25) is 0 Å². The van der Waals surface area contributed by atoms with Gasteiger partial charge < -0.3 is 10.6 Å². The molecule has 1 aromatic rings. The van der Waals surface area contributed by atoms with Gasteiger partial charge in [-0.1, -0.05) is 18.2 Å². The first-order valence-corrected chi connectivity index (χ1v) is 4.67. The number of benzene rings is 1. The van der Waals surface area contributed by atoms with E-state index < -0.39 is 0 Å². The summed E-state index contributed by atoms with van der Waals surface area (Å²) >= 11 is 0. The van der Waals surface area contributed by atoms with E-state index in [2.05, 4.69) is 37.9 Å². The van der Waals surface area contributed by atoms with Crippen LogP contribution < -0.4 is 10.6 Å². The minimum Gasteiger partial charge on any atom is -0.372 e. The molecule has 0 saturated heterocycles. The number of nitrogens with two attached hydrogens (primary N) is 1. The summed E-state index contributed by atoms with van der Waals surface area (Å²) in [6, 6.07) is 8.77. The van der Waals surface area contributed by atoms with E-state index in [1.165, 1.54) is 11.3 Å². The molecule has 0 bridgehead atoms. The Morgan fingerprint density at radius 2 is 1.92 bits per heavy atom. The zero-order valence-electron chi connectivity index (χ0n) is 8.62. The molecule has 1 rings (SSSR count). The molecule has 2 N–H and O–H groups in total. The van der Waals surface area contributed by atoms with Crippen LogP contribution in [0.15, 0.2) is 24.3 Å². The van der Waals surface area contributed by atoms with Crippen molar-refractivity contribution in [2.24, 2.45) is 5.73 Å². The van der Waals surface area contributed by atoms with Crippen LogP contribution in [0.1, 0.15) is 19.4 Å². The van der Waals surface area contributed by atoms with E-state index in [-0.39, 0.29) is 0 Å². The number of anilines is 1. The van der Waals surface area contributed by atoms with Crippen LogP contribution >= 0.6 is 0 Å². The van der Waals surface area contributed by atoms with Gasteiger partial charge in [0.1, 0.15) is 0 Å². The van der Waals surface area contributed by atoms with E-state index in [1.54, 1.807) is 0 Å². The molecule has 2 nitrogen and oxygen atoms in total. The molecule has 0 fully saturated rings. The maximum Gasteiger partial charge on any atom is 0.0411 e. The van der Waals surface area contributed by atoms with E-state index in [1.807, 2.05) is 12.1 Å². The Balaban J connectivity index is 2.98. The van der Waals surface area contributed by atoms with Crippen LogP contribution in [0.4, 0.5) is 5.69 Å². The van der Waals surface area contributed by atoms with Crippen LogP contribution in [0.5, 0.6) is 0 Å². The lowest BCUT2D eigenvalue weighted by atomic mass is 10.1. The van der Waals surface area contributed by atoms with Crippen LogP contribution in [-0.4, -0.2) is 13.1 Å². The van der Waals surface area contributed by atoms with Crippen molar-refractivity contribution in [2.75, 3.05) is 11.9 Å². The summed E-state index contributed by atoms with van der Waals surface area (Å²) in [5.74, 6) is 0. The first kappa shape index (κ1) is 10.1. The molecule has 0 atom stereocenters. The van der Waals surface area contributed by atoms with Gasteiger partial charge in [-0.05, 0) is 25.5 Å². The second-order valence-electron chi connectivity index (χ2n) is 3.54. The first-order chi connectivity index (χ1) is 6.16. The van der Waals surface area contributed by atoms with Crippen molar-refractivity contribution >= 4 is 5.69 Å². The molecule has 1 aromatic carbocycles. The molecule has 2 heteroatoms. The third-order valence-corrected chi connectivity index (χ3v) is 2.37. The Bertz CT molecular complexity index is 269. The average molecular weight is 178 g/mol. The summed E-state index contributed by atoms with van der Waals surface area (Å²) in [6.07, 6.45) is 0. The minimum absolute atomic E-state index is 0.507. The van der Waals surface area contributed by atoms with Crippen molar-refractivity contribution < 1.29 is 0 Å². The highest BCUT2D eigenvalue weighted by molar-refractivity contribution is 5.53. The predicted molar refractivity (Wildman–Crippen MR) is 57.9 cm³/mol. The highest BCUT2D eigenvalue weighted by atomic mass is 15.1. The van der Waals surface area contributed by atoms with Gasteiger partial charge in [-0.25, -0.2) is 0 Å². The predicted octanol–water partition coefficient (Wildman–Crippen LogP) is 1.99. The van der Waals surface area contributed by atoms with Crippen LogP contribution in [0, 0.1) is 0 Å². The molecule has 0 aliphatic rings. The molecule has 0 unspecified atom stereocenters. The van der Waals surface area contributed by atoms with Crippen LogP contribution in [-0.2, 0) is 6.54 Å². The van der Waals surface area contributed by atoms with Gasteiger partial charge in [0, 0.05) is 25.3 Å². The normalized spacial score (nSPS) is 10.5. The Hall–Kier alpha value is -1.02. The third-order valence-electron chi connectivity index (χ3n) is 2.37. The van der Waals surface area contributed by atoms with Crippen molar-refractivity contribution in [1.29, 1.82) is 0 Å². The highest BCUT2D eigenvalue weighted by Gasteiger charge is 2.07. The molecule has 0 aliphatic carbocycles. The van der Waals surface area contributed by atoms with Gasteiger partial charge in [-0.3, -0.25) is 0 Å². The highest BCUT2D eigenvalue weighted by Crippen LogP contribution is 2.19. The van der Waals surface area contributed by atoms with Gasteiger partial charge in [0.25, 0.3) is 0 Å². The summed E-state index contributed by atoms with van der Waals surface area (Å²) in [7, 11) is 2.10. The molecular formula is C11H18N2. The molecule has 0 aliphatic heterocycles. The topological polar surface area (TPSA) is 29.3 Å². The van der Waals surface area contributed by atoms with Crippen molar-refractivity contribution in [3.05, 3.63) is 29.8 Å².